The van der Waals surface area contributed by atoms with E-state index >= 15 is 0 Å². The number of nitrogens with two attached hydrogens (primary N) is 1. The van der Waals surface area contributed by atoms with Crippen molar-refractivity contribution >= 4 is 27.5 Å². The van der Waals surface area contributed by atoms with E-state index in [1.54, 1.807) is 12.1 Å². The van der Waals surface area contributed by atoms with Gasteiger partial charge in [-0.2, -0.15) is 0 Å². The molecule has 1 saturated carbocycles. The molecule has 2 aliphatic rings. The molecule has 2 heterocycles. The van der Waals surface area contributed by atoms with Crippen molar-refractivity contribution in [3.63, 3.8) is 0 Å². The van der Waals surface area contributed by atoms with E-state index in [2.05, 4.69) is 0 Å². The molecule has 166 valence electrons. The van der Waals surface area contributed by atoms with Crippen molar-refractivity contribution in [3.05, 3.63) is 70.4 Å². The fourth-order valence-electron chi connectivity index (χ4n) is 4.94. The van der Waals surface area contributed by atoms with E-state index in [0.717, 1.165) is 41.3 Å². The highest BCUT2D eigenvalue weighted by atomic mass is 35.5. The number of hydrogen-bond acceptors (Lipinski definition) is 3. The number of hydrogen-bond donors (Lipinski definition) is 1. The SMILES string of the molecule is Cc1c(C(=O)N2CC3CC3C2)c(C)n(-c2ccc(S(N)(=O)=O)cc2)c1-c1ccc(Cl)cc1. The van der Waals surface area contributed by atoms with Gasteiger partial charge in [-0.1, -0.05) is 23.7 Å². The van der Waals surface area contributed by atoms with Crippen molar-refractivity contribution < 1.29 is 13.2 Å². The van der Waals surface area contributed by atoms with Crippen LogP contribution in [0, 0.1) is 25.7 Å². The van der Waals surface area contributed by atoms with Gasteiger partial charge in [-0.3, -0.25) is 4.79 Å². The maximum absolute atomic E-state index is 13.5. The molecule has 1 aliphatic carbocycles. The molecular formula is C24H24ClN3O3S. The third-order valence-corrected chi connectivity index (χ3v) is 7.85. The Hall–Kier alpha value is -2.61. The lowest BCUT2D eigenvalue weighted by Gasteiger charge is -2.18. The molecule has 1 saturated heterocycles. The summed E-state index contributed by atoms with van der Waals surface area (Å²) in [7, 11) is -3.79. The molecule has 0 spiro atoms. The Balaban J connectivity index is 1.67. The topological polar surface area (TPSA) is 85.4 Å². The van der Waals surface area contributed by atoms with Gasteiger partial charge in [0.1, 0.15) is 0 Å². The van der Waals surface area contributed by atoms with E-state index in [9.17, 15) is 13.2 Å². The fraction of sp³-hybridized carbons (Fsp3) is 0.292. The van der Waals surface area contributed by atoms with Gasteiger partial charge in [-0.05, 0) is 79.6 Å². The van der Waals surface area contributed by atoms with Crippen molar-refractivity contribution in [1.82, 2.24) is 9.47 Å². The summed E-state index contributed by atoms with van der Waals surface area (Å²) >= 11 is 6.11. The summed E-state index contributed by atoms with van der Waals surface area (Å²) in [4.78, 5) is 15.5. The zero-order chi connectivity index (χ0) is 22.8. The molecule has 2 fully saturated rings. The quantitative estimate of drug-likeness (QED) is 0.622. The number of amides is 1. The van der Waals surface area contributed by atoms with Gasteiger partial charge in [0, 0.05) is 29.5 Å². The van der Waals surface area contributed by atoms with Crippen LogP contribution in [0.3, 0.4) is 0 Å². The van der Waals surface area contributed by atoms with Gasteiger partial charge in [0.15, 0.2) is 0 Å². The van der Waals surface area contributed by atoms with E-state index in [4.69, 9.17) is 16.7 Å². The number of benzene rings is 2. The van der Waals surface area contributed by atoms with Gasteiger partial charge in [-0.25, -0.2) is 13.6 Å². The Kier molecular flexibility index (Phi) is 4.96. The van der Waals surface area contributed by atoms with Crippen LogP contribution in [0.4, 0.5) is 0 Å². The van der Waals surface area contributed by atoms with Crippen LogP contribution >= 0.6 is 11.6 Å². The van der Waals surface area contributed by atoms with Crippen LogP contribution in [0.5, 0.6) is 0 Å². The lowest BCUT2D eigenvalue weighted by molar-refractivity contribution is 0.0774. The number of aromatic nitrogens is 1. The number of primary sulfonamides is 1. The van der Waals surface area contributed by atoms with Crippen LogP contribution in [0.1, 0.15) is 28.0 Å². The second kappa shape index (κ2) is 7.47. The maximum Gasteiger partial charge on any atom is 0.255 e. The van der Waals surface area contributed by atoms with Crippen LogP contribution < -0.4 is 5.14 Å². The van der Waals surface area contributed by atoms with Gasteiger partial charge >= 0.3 is 0 Å². The van der Waals surface area contributed by atoms with Crippen molar-refractivity contribution in [2.24, 2.45) is 17.0 Å². The first-order valence-corrected chi connectivity index (χ1v) is 12.5. The number of nitrogens with zero attached hydrogens (tertiary/aromatic N) is 2. The number of rotatable bonds is 4. The molecule has 3 aromatic rings. The van der Waals surface area contributed by atoms with E-state index in [1.165, 1.54) is 18.6 Å². The average Bonchev–Trinajstić information content (AvgIpc) is 3.26. The number of halogens is 1. The summed E-state index contributed by atoms with van der Waals surface area (Å²) in [5, 5.41) is 5.90. The van der Waals surface area contributed by atoms with E-state index in [0.29, 0.717) is 22.4 Å². The van der Waals surface area contributed by atoms with E-state index < -0.39 is 10.0 Å². The Bertz CT molecular complexity index is 1320. The Labute approximate surface area is 192 Å². The van der Waals surface area contributed by atoms with Gasteiger partial charge in [-0.15, -0.1) is 0 Å². The highest BCUT2D eigenvalue weighted by Crippen LogP contribution is 2.46. The largest absolute Gasteiger partial charge is 0.338 e. The molecule has 6 nitrogen and oxygen atoms in total. The molecule has 1 amide bonds. The first-order chi connectivity index (χ1) is 15.1. The second-order valence-corrected chi connectivity index (χ2v) is 10.8. The maximum atomic E-state index is 13.5. The van der Waals surface area contributed by atoms with Gasteiger partial charge < -0.3 is 9.47 Å². The first kappa shape index (κ1) is 21.2. The number of carbonyl (C=O) groups is 1. The fourth-order valence-corrected chi connectivity index (χ4v) is 5.58. The molecule has 1 aliphatic heterocycles. The normalized spacial score (nSPS) is 19.8. The summed E-state index contributed by atoms with van der Waals surface area (Å²) in [5.74, 6) is 1.37. The van der Waals surface area contributed by atoms with Crippen LogP contribution in [0.2, 0.25) is 5.02 Å². The summed E-state index contributed by atoms with van der Waals surface area (Å²) in [6.45, 7) is 5.56. The lowest BCUT2D eigenvalue weighted by Crippen LogP contribution is -2.31. The molecule has 8 heteroatoms. The summed E-state index contributed by atoms with van der Waals surface area (Å²) in [6, 6.07) is 13.9. The predicted octanol–water partition coefficient (Wildman–Crippen LogP) is 4.15. The Morgan fingerprint density at radius 2 is 1.59 bits per heavy atom. The minimum Gasteiger partial charge on any atom is -0.338 e. The van der Waals surface area contributed by atoms with E-state index in [-0.39, 0.29) is 10.8 Å². The summed E-state index contributed by atoms with van der Waals surface area (Å²) in [5.41, 5.74) is 4.98. The molecule has 1 aromatic heterocycles. The zero-order valence-corrected chi connectivity index (χ0v) is 19.4. The predicted molar refractivity (Wildman–Crippen MR) is 125 cm³/mol. The molecule has 5 rings (SSSR count). The average molecular weight is 470 g/mol. The third-order valence-electron chi connectivity index (χ3n) is 6.67. The third kappa shape index (κ3) is 3.54. The molecule has 2 unspecified atom stereocenters. The summed E-state index contributed by atoms with van der Waals surface area (Å²) in [6.07, 6.45) is 1.23. The number of fused-ring (bicyclic) bond motifs is 1. The molecule has 32 heavy (non-hydrogen) atoms. The van der Waals surface area contributed by atoms with Gasteiger partial charge in [0.05, 0.1) is 16.2 Å². The van der Waals surface area contributed by atoms with Crippen molar-refractivity contribution in [1.29, 1.82) is 0 Å². The highest BCUT2D eigenvalue weighted by molar-refractivity contribution is 7.89. The molecule has 2 N–H and O–H groups in total. The number of sulfonamides is 1. The second-order valence-electron chi connectivity index (χ2n) is 8.78. The van der Waals surface area contributed by atoms with Crippen LogP contribution in [-0.4, -0.2) is 36.9 Å². The number of piperidine rings is 1. The molecule has 2 atom stereocenters. The monoisotopic (exact) mass is 469 g/mol. The highest BCUT2D eigenvalue weighted by Gasteiger charge is 2.47. The zero-order valence-electron chi connectivity index (χ0n) is 17.9. The van der Waals surface area contributed by atoms with E-state index in [1.807, 2.05) is 47.6 Å². The van der Waals surface area contributed by atoms with Crippen molar-refractivity contribution in [3.8, 4) is 16.9 Å². The summed E-state index contributed by atoms with van der Waals surface area (Å²) < 4.78 is 25.4. The molecule has 2 aromatic carbocycles. The van der Waals surface area contributed by atoms with Crippen LogP contribution in [-0.2, 0) is 10.0 Å². The number of carbonyl (C=O) groups excluding carboxylic acids is 1. The minimum atomic E-state index is -3.79. The smallest absolute Gasteiger partial charge is 0.255 e. The minimum absolute atomic E-state index is 0.0448. The lowest BCUT2D eigenvalue weighted by atomic mass is 10.0. The number of likely N-dealkylation sites (tertiary alicyclic amines) is 1. The van der Waals surface area contributed by atoms with Crippen LogP contribution in [0.15, 0.2) is 53.4 Å². The van der Waals surface area contributed by atoms with Gasteiger partial charge in [0.2, 0.25) is 10.0 Å². The van der Waals surface area contributed by atoms with Gasteiger partial charge in [0.25, 0.3) is 5.91 Å². The Morgan fingerprint density at radius 1 is 1.00 bits per heavy atom. The molecule has 0 radical (unpaired) electrons. The molecule has 0 bridgehead atoms. The Morgan fingerprint density at radius 3 is 2.16 bits per heavy atom. The van der Waals surface area contributed by atoms with Crippen molar-refractivity contribution in [2.75, 3.05) is 13.1 Å². The molecular weight excluding hydrogens is 446 g/mol. The first-order valence-electron chi connectivity index (χ1n) is 10.6. The van der Waals surface area contributed by atoms with Crippen LogP contribution in [0.25, 0.3) is 16.9 Å². The standard InChI is InChI=1S/C24H24ClN3O3S/c1-14-22(24(29)27-12-17-11-18(17)13-27)15(2)28(23(14)16-3-5-19(25)6-4-16)20-7-9-21(10-8-20)32(26,30)31/h3-10,17-18H,11-13H2,1-2H3,(H2,26,30,31). The van der Waals surface area contributed by atoms with Crippen molar-refractivity contribution in [2.45, 2.75) is 25.2 Å².